The summed E-state index contributed by atoms with van der Waals surface area (Å²) in [6, 6.07) is 15.2. The van der Waals surface area contributed by atoms with E-state index >= 15 is 0 Å². The number of hydrogen-bond donors (Lipinski definition) is 0. The first kappa shape index (κ1) is 18.2. The molecule has 2 heterocycles. The Kier molecular flexibility index (Phi) is 5.53. The smallest absolute Gasteiger partial charge is 0.242 e. The summed E-state index contributed by atoms with van der Waals surface area (Å²) in [7, 11) is 0. The Bertz CT molecular complexity index is 808. The molecule has 1 fully saturated rings. The van der Waals surface area contributed by atoms with Gasteiger partial charge in [0, 0.05) is 37.6 Å². The third kappa shape index (κ3) is 4.05. The topological polar surface area (TPSA) is 26.8 Å². The SMILES string of the molecule is O=C(CN1CCCSc2ccccc21)N1CCN(c2ccccc2F)CC1. The maximum Gasteiger partial charge on any atom is 0.242 e. The summed E-state index contributed by atoms with van der Waals surface area (Å²) in [4.78, 5) is 20.3. The van der Waals surface area contributed by atoms with Gasteiger partial charge in [-0.1, -0.05) is 24.3 Å². The Labute approximate surface area is 163 Å². The van der Waals surface area contributed by atoms with Crippen LogP contribution >= 0.6 is 11.8 Å². The Morgan fingerprint density at radius 2 is 1.63 bits per heavy atom. The molecule has 0 aliphatic carbocycles. The number of amides is 1. The van der Waals surface area contributed by atoms with E-state index < -0.39 is 0 Å². The van der Waals surface area contributed by atoms with Crippen molar-refractivity contribution in [3.05, 3.63) is 54.3 Å². The van der Waals surface area contributed by atoms with Crippen LogP contribution in [0.25, 0.3) is 0 Å². The minimum absolute atomic E-state index is 0.157. The first-order valence-corrected chi connectivity index (χ1v) is 10.4. The fourth-order valence-corrected chi connectivity index (χ4v) is 4.74. The molecule has 2 aromatic rings. The number of nitrogens with zero attached hydrogens (tertiary/aromatic N) is 3. The van der Waals surface area contributed by atoms with Crippen molar-refractivity contribution >= 4 is 29.0 Å². The van der Waals surface area contributed by atoms with Crippen LogP contribution in [0.1, 0.15) is 6.42 Å². The molecule has 2 aliphatic heterocycles. The van der Waals surface area contributed by atoms with Crippen LogP contribution in [0.5, 0.6) is 0 Å². The van der Waals surface area contributed by atoms with Gasteiger partial charge in [0.2, 0.25) is 5.91 Å². The fourth-order valence-electron chi connectivity index (χ4n) is 3.73. The molecule has 27 heavy (non-hydrogen) atoms. The van der Waals surface area contributed by atoms with Crippen LogP contribution in [-0.4, -0.2) is 55.8 Å². The van der Waals surface area contributed by atoms with Crippen molar-refractivity contribution in [3.8, 4) is 0 Å². The number of hydrogen-bond acceptors (Lipinski definition) is 4. The van der Waals surface area contributed by atoms with Gasteiger partial charge in [-0.05, 0) is 36.4 Å². The second kappa shape index (κ2) is 8.21. The van der Waals surface area contributed by atoms with Crippen LogP contribution < -0.4 is 9.80 Å². The molecule has 4 rings (SSSR count). The van der Waals surface area contributed by atoms with Gasteiger partial charge in [0.15, 0.2) is 0 Å². The van der Waals surface area contributed by atoms with Crippen molar-refractivity contribution < 1.29 is 9.18 Å². The van der Waals surface area contributed by atoms with E-state index in [4.69, 9.17) is 0 Å². The van der Waals surface area contributed by atoms with E-state index in [-0.39, 0.29) is 11.7 Å². The lowest BCUT2D eigenvalue weighted by molar-refractivity contribution is -0.130. The lowest BCUT2D eigenvalue weighted by Crippen LogP contribution is -2.51. The highest BCUT2D eigenvalue weighted by Crippen LogP contribution is 2.33. The van der Waals surface area contributed by atoms with Crippen molar-refractivity contribution in [2.75, 3.05) is 54.8 Å². The lowest BCUT2D eigenvalue weighted by atomic mass is 10.2. The molecule has 1 saturated heterocycles. The average Bonchev–Trinajstić information content (AvgIpc) is 2.91. The molecule has 0 aromatic heterocycles. The molecule has 0 radical (unpaired) electrons. The number of benzene rings is 2. The maximum atomic E-state index is 14.0. The summed E-state index contributed by atoms with van der Waals surface area (Å²) in [5, 5.41) is 0. The monoisotopic (exact) mass is 385 g/mol. The molecule has 142 valence electrons. The average molecular weight is 386 g/mol. The molecule has 0 spiro atoms. The molecular weight excluding hydrogens is 361 g/mol. The molecule has 2 aliphatic rings. The van der Waals surface area contributed by atoms with Crippen LogP contribution in [0.4, 0.5) is 15.8 Å². The highest BCUT2D eigenvalue weighted by Gasteiger charge is 2.25. The first-order chi connectivity index (χ1) is 13.2. The summed E-state index contributed by atoms with van der Waals surface area (Å²) >= 11 is 1.87. The van der Waals surface area contributed by atoms with Gasteiger partial charge in [0.05, 0.1) is 17.9 Å². The second-order valence-corrected chi connectivity index (χ2v) is 8.05. The van der Waals surface area contributed by atoms with Crippen LogP contribution in [0.15, 0.2) is 53.4 Å². The standard InChI is InChI=1S/C21H24FN3OS/c22-17-6-1-2-7-18(17)23-11-13-24(14-12-23)21(26)16-25-10-5-15-27-20-9-4-3-8-19(20)25/h1-4,6-9H,5,10-16H2. The van der Waals surface area contributed by atoms with Crippen molar-refractivity contribution in [2.45, 2.75) is 11.3 Å². The Balaban J connectivity index is 1.38. The third-order valence-corrected chi connectivity index (χ3v) is 6.34. The molecule has 6 heteroatoms. The van der Waals surface area contributed by atoms with Gasteiger partial charge in [-0.2, -0.15) is 0 Å². The maximum absolute atomic E-state index is 14.0. The molecule has 0 atom stereocenters. The molecule has 4 nitrogen and oxygen atoms in total. The quantitative estimate of drug-likeness (QED) is 0.808. The van der Waals surface area contributed by atoms with E-state index in [1.54, 1.807) is 12.1 Å². The number of anilines is 2. The molecular formula is C21H24FN3OS. The largest absolute Gasteiger partial charge is 0.366 e. The normalized spacial score (nSPS) is 17.4. The summed E-state index contributed by atoms with van der Waals surface area (Å²) in [5.41, 5.74) is 1.79. The molecule has 0 saturated carbocycles. The molecule has 1 amide bonds. The zero-order valence-corrected chi connectivity index (χ0v) is 16.1. The summed E-state index contributed by atoms with van der Waals surface area (Å²) in [6.45, 7) is 3.93. The lowest BCUT2D eigenvalue weighted by Gasteiger charge is -2.37. The van der Waals surface area contributed by atoms with E-state index in [0.29, 0.717) is 38.4 Å². The molecule has 0 bridgehead atoms. The van der Waals surface area contributed by atoms with Gasteiger partial charge in [0.1, 0.15) is 5.82 Å². The van der Waals surface area contributed by atoms with Crippen LogP contribution in [-0.2, 0) is 4.79 Å². The number of carbonyl (C=O) groups excluding carboxylic acids is 1. The fraction of sp³-hybridized carbons (Fsp3) is 0.381. The van der Waals surface area contributed by atoms with E-state index in [0.717, 1.165) is 18.7 Å². The zero-order chi connectivity index (χ0) is 18.6. The second-order valence-electron chi connectivity index (χ2n) is 6.91. The highest BCUT2D eigenvalue weighted by molar-refractivity contribution is 7.99. The minimum Gasteiger partial charge on any atom is -0.366 e. The highest BCUT2D eigenvalue weighted by atomic mass is 32.2. The Morgan fingerprint density at radius 3 is 2.41 bits per heavy atom. The van der Waals surface area contributed by atoms with Gasteiger partial charge >= 0.3 is 0 Å². The van der Waals surface area contributed by atoms with E-state index in [1.165, 1.54) is 16.6 Å². The van der Waals surface area contributed by atoms with Crippen LogP contribution in [0, 0.1) is 5.82 Å². The van der Waals surface area contributed by atoms with E-state index in [2.05, 4.69) is 23.1 Å². The van der Waals surface area contributed by atoms with Crippen LogP contribution in [0.2, 0.25) is 0 Å². The number of halogens is 1. The minimum atomic E-state index is -0.198. The number of carbonyl (C=O) groups is 1. The van der Waals surface area contributed by atoms with Gasteiger partial charge in [-0.3, -0.25) is 4.79 Å². The number of piperazine rings is 1. The first-order valence-electron chi connectivity index (χ1n) is 9.46. The summed E-state index contributed by atoms with van der Waals surface area (Å²) in [6.07, 6.45) is 1.08. The number of para-hydroxylation sites is 2. The van der Waals surface area contributed by atoms with Crippen molar-refractivity contribution in [3.63, 3.8) is 0 Å². The van der Waals surface area contributed by atoms with Crippen molar-refractivity contribution in [1.29, 1.82) is 0 Å². The molecule has 2 aromatic carbocycles. The number of thioether (sulfide) groups is 1. The predicted molar refractivity (Wildman–Crippen MR) is 109 cm³/mol. The molecule has 0 unspecified atom stereocenters. The number of fused-ring (bicyclic) bond motifs is 1. The number of rotatable bonds is 3. The van der Waals surface area contributed by atoms with Gasteiger partial charge < -0.3 is 14.7 Å². The van der Waals surface area contributed by atoms with E-state index in [1.807, 2.05) is 33.7 Å². The third-order valence-electron chi connectivity index (χ3n) is 5.19. The Hall–Kier alpha value is -2.21. The van der Waals surface area contributed by atoms with Gasteiger partial charge in [-0.25, -0.2) is 4.39 Å². The zero-order valence-electron chi connectivity index (χ0n) is 15.3. The van der Waals surface area contributed by atoms with Gasteiger partial charge in [-0.15, -0.1) is 11.8 Å². The van der Waals surface area contributed by atoms with Crippen molar-refractivity contribution in [1.82, 2.24) is 4.90 Å². The van der Waals surface area contributed by atoms with Crippen molar-refractivity contribution in [2.24, 2.45) is 0 Å². The Morgan fingerprint density at radius 1 is 0.926 bits per heavy atom. The summed E-state index contributed by atoms with van der Waals surface area (Å²) in [5.74, 6) is 1.05. The molecule has 0 N–H and O–H groups in total. The predicted octanol–water partition coefficient (Wildman–Crippen LogP) is 3.48. The van der Waals surface area contributed by atoms with Gasteiger partial charge in [0.25, 0.3) is 0 Å². The summed E-state index contributed by atoms with van der Waals surface area (Å²) < 4.78 is 14.0. The van der Waals surface area contributed by atoms with Crippen LogP contribution in [0.3, 0.4) is 0 Å². The van der Waals surface area contributed by atoms with E-state index in [9.17, 15) is 9.18 Å².